The Morgan fingerprint density at radius 3 is 2.60 bits per heavy atom. The molecular weight excluding hydrogens is 173 g/mol. The molecule has 1 rings (SSSR count). The van der Waals surface area contributed by atoms with E-state index in [2.05, 4.69) is 12.6 Å². The number of thiol groups is 1. The minimum atomic E-state index is -0.565. The molecule has 0 aliphatic rings. The molecule has 0 unspecified atom stereocenters. The molecule has 0 aromatic heterocycles. The first-order chi connectivity index (χ1) is 4.63. The predicted molar refractivity (Wildman–Crippen MR) is 43.1 cm³/mol. The Balaban J connectivity index is 3.34. The van der Waals surface area contributed by atoms with E-state index in [1.165, 1.54) is 12.1 Å². The Bertz CT molecular complexity index is 237. The molecule has 2 N–H and O–H groups in total. The quantitative estimate of drug-likeness (QED) is 0.462. The van der Waals surface area contributed by atoms with Crippen molar-refractivity contribution in [3.8, 4) is 0 Å². The summed E-state index contributed by atoms with van der Waals surface area (Å²) >= 11 is 9.20. The molecule has 0 atom stereocenters. The zero-order valence-electron chi connectivity index (χ0n) is 4.94. The zero-order chi connectivity index (χ0) is 7.72. The number of nitrogens with two attached hydrogens (primary N) is 1. The Labute approximate surface area is 68.4 Å². The van der Waals surface area contributed by atoms with Gasteiger partial charge in [0.2, 0.25) is 0 Å². The molecule has 0 aliphatic heterocycles. The van der Waals surface area contributed by atoms with Crippen LogP contribution >= 0.6 is 24.2 Å². The smallest absolute Gasteiger partial charge is 0.157 e. The molecule has 54 valence electrons. The van der Waals surface area contributed by atoms with Crippen molar-refractivity contribution in [3.05, 3.63) is 23.0 Å². The normalized spacial score (nSPS) is 9.90. The fourth-order valence-electron chi connectivity index (χ4n) is 0.555. The lowest BCUT2D eigenvalue weighted by Gasteiger charge is -2.00. The topological polar surface area (TPSA) is 26.0 Å². The van der Waals surface area contributed by atoms with Gasteiger partial charge in [-0.1, -0.05) is 11.6 Å². The number of nitrogen functional groups attached to an aromatic ring is 1. The van der Waals surface area contributed by atoms with Crippen molar-refractivity contribution in [2.24, 2.45) is 0 Å². The highest BCUT2D eigenvalue weighted by Crippen LogP contribution is 2.25. The highest BCUT2D eigenvalue weighted by atomic mass is 35.5. The minimum absolute atomic E-state index is 0.0409. The van der Waals surface area contributed by atoms with Crippen molar-refractivity contribution in [1.82, 2.24) is 0 Å². The maximum Gasteiger partial charge on any atom is 0.157 e. The van der Waals surface area contributed by atoms with E-state index >= 15 is 0 Å². The van der Waals surface area contributed by atoms with Gasteiger partial charge in [-0.15, -0.1) is 12.6 Å². The summed E-state index contributed by atoms with van der Waals surface area (Å²) in [6.45, 7) is 0. The molecule has 0 radical (unpaired) electrons. The average Bonchev–Trinajstić information content (AvgIpc) is 1.93. The van der Waals surface area contributed by atoms with Crippen LogP contribution in [-0.2, 0) is 0 Å². The van der Waals surface area contributed by atoms with Gasteiger partial charge in [-0.2, -0.15) is 0 Å². The van der Waals surface area contributed by atoms with E-state index in [0.29, 0.717) is 5.69 Å². The third-order valence-electron chi connectivity index (χ3n) is 1.10. The SMILES string of the molecule is Nc1ccc(Cl)c(F)c1S. The van der Waals surface area contributed by atoms with E-state index in [1.807, 2.05) is 0 Å². The molecule has 1 aromatic rings. The summed E-state index contributed by atoms with van der Waals surface area (Å²) in [5, 5.41) is 0.0409. The van der Waals surface area contributed by atoms with Crippen molar-refractivity contribution >= 4 is 29.9 Å². The number of halogens is 2. The molecule has 0 bridgehead atoms. The summed E-state index contributed by atoms with van der Waals surface area (Å²) in [5.74, 6) is -0.565. The van der Waals surface area contributed by atoms with Gasteiger partial charge in [0, 0.05) is 5.69 Å². The lowest BCUT2D eigenvalue weighted by atomic mass is 10.3. The first-order valence-corrected chi connectivity index (χ1v) is 3.38. The molecule has 0 saturated heterocycles. The second-order valence-electron chi connectivity index (χ2n) is 1.80. The van der Waals surface area contributed by atoms with Crippen LogP contribution in [0, 0.1) is 5.82 Å². The van der Waals surface area contributed by atoms with E-state index in [9.17, 15) is 4.39 Å². The monoisotopic (exact) mass is 177 g/mol. The number of anilines is 1. The first-order valence-electron chi connectivity index (χ1n) is 2.55. The van der Waals surface area contributed by atoms with E-state index in [4.69, 9.17) is 17.3 Å². The van der Waals surface area contributed by atoms with Gasteiger partial charge in [-0.3, -0.25) is 0 Å². The summed E-state index contributed by atoms with van der Waals surface area (Å²) in [6.07, 6.45) is 0. The van der Waals surface area contributed by atoms with E-state index in [1.54, 1.807) is 0 Å². The summed E-state index contributed by atoms with van der Waals surface area (Å²) in [5.41, 5.74) is 5.61. The Hall–Kier alpha value is -0.410. The molecular formula is C6H5ClFNS. The minimum Gasteiger partial charge on any atom is -0.398 e. The first kappa shape index (κ1) is 7.69. The fraction of sp³-hybridized carbons (Fsp3) is 0. The van der Waals surface area contributed by atoms with Gasteiger partial charge in [-0.05, 0) is 12.1 Å². The number of rotatable bonds is 0. The Morgan fingerprint density at radius 1 is 1.50 bits per heavy atom. The van der Waals surface area contributed by atoms with Crippen LogP contribution in [-0.4, -0.2) is 0 Å². The van der Waals surface area contributed by atoms with Crippen LogP contribution in [0.5, 0.6) is 0 Å². The second kappa shape index (κ2) is 2.68. The average molecular weight is 178 g/mol. The Morgan fingerprint density at radius 2 is 2.10 bits per heavy atom. The van der Waals surface area contributed by atoms with Gasteiger partial charge < -0.3 is 5.73 Å². The molecule has 4 heteroatoms. The lowest BCUT2D eigenvalue weighted by Crippen LogP contribution is -1.89. The van der Waals surface area contributed by atoms with Gasteiger partial charge in [0.1, 0.15) is 0 Å². The molecule has 10 heavy (non-hydrogen) atoms. The van der Waals surface area contributed by atoms with Crippen LogP contribution in [0.2, 0.25) is 5.02 Å². The summed E-state index contributed by atoms with van der Waals surface area (Å²) < 4.78 is 12.7. The number of benzene rings is 1. The van der Waals surface area contributed by atoms with Gasteiger partial charge in [0.25, 0.3) is 0 Å². The van der Waals surface area contributed by atoms with Crippen LogP contribution in [0.1, 0.15) is 0 Å². The van der Waals surface area contributed by atoms with E-state index < -0.39 is 5.82 Å². The fourth-order valence-corrected chi connectivity index (χ4v) is 0.973. The summed E-state index contributed by atoms with van der Waals surface area (Å²) in [4.78, 5) is 0.104. The number of hydrogen-bond donors (Lipinski definition) is 2. The Kier molecular flexibility index (Phi) is 2.06. The van der Waals surface area contributed by atoms with Crippen molar-refractivity contribution in [1.29, 1.82) is 0 Å². The molecule has 0 fully saturated rings. The van der Waals surface area contributed by atoms with Crippen molar-refractivity contribution in [2.45, 2.75) is 4.90 Å². The van der Waals surface area contributed by atoms with Gasteiger partial charge >= 0.3 is 0 Å². The van der Waals surface area contributed by atoms with Gasteiger partial charge in [-0.25, -0.2) is 4.39 Å². The third-order valence-corrected chi connectivity index (χ3v) is 1.85. The third kappa shape index (κ3) is 1.20. The highest BCUT2D eigenvalue weighted by molar-refractivity contribution is 7.80. The largest absolute Gasteiger partial charge is 0.398 e. The van der Waals surface area contributed by atoms with Crippen LogP contribution in [0.3, 0.4) is 0 Å². The van der Waals surface area contributed by atoms with Gasteiger partial charge in [0.15, 0.2) is 5.82 Å². The molecule has 0 aliphatic carbocycles. The zero-order valence-corrected chi connectivity index (χ0v) is 6.59. The maximum absolute atomic E-state index is 12.7. The highest BCUT2D eigenvalue weighted by Gasteiger charge is 2.05. The van der Waals surface area contributed by atoms with E-state index in [-0.39, 0.29) is 9.92 Å². The summed E-state index contributed by atoms with van der Waals surface area (Å²) in [7, 11) is 0. The molecule has 0 spiro atoms. The van der Waals surface area contributed by atoms with E-state index in [0.717, 1.165) is 0 Å². The van der Waals surface area contributed by atoms with Gasteiger partial charge in [0.05, 0.1) is 9.92 Å². The van der Waals surface area contributed by atoms with Crippen LogP contribution in [0.25, 0.3) is 0 Å². The predicted octanol–water partition coefficient (Wildman–Crippen LogP) is 2.35. The second-order valence-corrected chi connectivity index (χ2v) is 2.65. The van der Waals surface area contributed by atoms with Crippen molar-refractivity contribution < 1.29 is 4.39 Å². The standard InChI is InChI=1S/C6H5ClFNS/c7-3-1-2-4(9)6(10)5(3)8/h1-2,10H,9H2. The summed E-state index contributed by atoms with van der Waals surface area (Å²) in [6, 6.07) is 2.90. The molecule has 0 amide bonds. The maximum atomic E-state index is 12.7. The van der Waals surface area contributed by atoms with Crippen LogP contribution in [0.15, 0.2) is 17.0 Å². The molecule has 1 aromatic carbocycles. The van der Waals surface area contributed by atoms with Crippen LogP contribution in [0.4, 0.5) is 10.1 Å². The molecule has 1 nitrogen and oxygen atoms in total. The van der Waals surface area contributed by atoms with Crippen molar-refractivity contribution in [3.63, 3.8) is 0 Å². The van der Waals surface area contributed by atoms with Crippen LogP contribution < -0.4 is 5.73 Å². The van der Waals surface area contributed by atoms with Crippen molar-refractivity contribution in [2.75, 3.05) is 5.73 Å². The number of hydrogen-bond acceptors (Lipinski definition) is 2. The molecule has 0 heterocycles. The molecule has 0 saturated carbocycles. The lowest BCUT2D eigenvalue weighted by molar-refractivity contribution is 0.604.